The minimum Gasteiger partial charge on any atom is -0.490 e. The average Bonchev–Trinajstić information content (AvgIpc) is 3.01. The maximum atomic E-state index is 11.8. The second-order valence-electron chi connectivity index (χ2n) is 4.44. The lowest BCUT2D eigenvalue weighted by atomic mass is 10.3. The Balaban J connectivity index is 1.76. The van der Waals surface area contributed by atoms with Crippen LogP contribution in [0, 0.1) is 0 Å². The number of aliphatic hydroxyl groups excluding tert-OH is 1. The third kappa shape index (κ3) is 4.77. The van der Waals surface area contributed by atoms with E-state index in [4.69, 9.17) is 10.5 Å². The van der Waals surface area contributed by atoms with Crippen molar-refractivity contribution in [3.05, 3.63) is 44.8 Å². The van der Waals surface area contributed by atoms with Crippen molar-refractivity contribution in [1.29, 1.82) is 0 Å². The van der Waals surface area contributed by atoms with Crippen molar-refractivity contribution in [3.8, 4) is 5.75 Å². The van der Waals surface area contributed by atoms with Gasteiger partial charge in [0.05, 0.1) is 4.47 Å². The number of nitrogens with one attached hydrogen (secondary N) is 1. The Kier molecular flexibility index (Phi) is 6.32. The number of ether oxygens (including phenoxy) is 1. The summed E-state index contributed by atoms with van der Waals surface area (Å²) < 4.78 is 6.29. The van der Waals surface area contributed by atoms with Crippen LogP contribution in [0.5, 0.6) is 5.75 Å². The van der Waals surface area contributed by atoms with Crippen molar-refractivity contribution in [2.45, 2.75) is 12.6 Å². The maximum absolute atomic E-state index is 11.8. The van der Waals surface area contributed by atoms with E-state index in [1.54, 1.807) is 11.4 Å². The van der Waals surface area contributed by atoms with E-state index in [9.17, 15) is 9.90 Å². The topological polar surface area (TPSA) is 97.5 Å². The van der Waals surface area contributed by atoms with Crippen LogP contribution < -0.4 is 15.8 Å². The van der Waals surface area contributed by atoms with Gasteiger partial charge >= 0.3 is 0 Å². The van der Waals surface area contributed by atoms with E-state index in [2.05, 4.69) is 26.2 Å². The first-order valence-electron chi connectivity index (χ1n) is 6.58. The molecule has 1 aromatic carbocycles. The summed E-state index contributed by atoms with van der Waals surface area (Å²) in [7, 11) is 0. The number of aromatic nitrogens is 1. The minimum absolute atomic E-state index is 0.0774. The van der Waals surface area contributed by atoms with Crippen molar-refractivity contribution in [1.82, 2.24) is 10.3 Å². The molecule has 0 radical (unpaired) electrons. The molecule has 0 fully saturated rings. The molecule has 4 N–H and O–H groups in total. The van der Waals surface area contributed by atoms with Gasteiger partial charge in [-0.1, -0.05) is 12.1 Å². The molecule has 0 bridgehead atoms. The van der Waals surface area contributed by atoms with E-state index in [-0.39, 0.29) is 19.1 Å². The molecule has 1 heterocycles. The Labute approximate surface area is 140 Å². The van der Waals surface area contributed by atoms with Crippen molar-refractivity contribution in [3.63, 3.8) is 0 Å². The van der Waals surface area contributed by atoms with Gasteiger partial charge in [0.2, 0.25) is 0 Å². The van der Waals surface area contributed by atoms with Crippen molar-refractivity contribution >= 4 is 33.2 Å². The van der Waals surface area contributed by atoms with Crippen LogP contribution >= 0.6 is 27.3 Å². The summed E-state index contributed by atoms with van der Waals surface area (Å²) in [4.78, 5) is 15.9. The molecule has 0 saturated heterocycles. The van der Waals surface area contributed by atoms with Gasteiger partial charge in [-0.3, -0.25) is 4.79 Å². The predicted octanol–water partition coefficient (Wildman–Crippen LogP) is 1.53. The van der Waals surface area contributed by atoms with Crippen molar-refractivity contribution in [2.24, 2.45) is 5.73 Å². The summed E-state index contributed by atoms with van der Waals surface area (Å²) in [6.07, 6.45) is -0.816. The third-order valence-electron chi connectivity index (χ3n) is 2.73. The second kappa shape index (κ2) is 8.23. The molecule has 1 unspecified atom stereocenters. The fraction of sp³-hybridized carbons (Fsp3) is 0.286. The summed E-state index contributed by atoms with van der Waals surface area (Å²) in [5.74, 6) is 0.302. The number of rotatable bonds is 7. The van der Waals surface area contributed by atoms with E-state index >= 15 is 0 Å². The summed E-state index contributed by atoms with van der Waals surface area (Å²) in [5, 5.41) is 14.8. The van der Waals surface area contributed by atoms with E-state index in [1.165, 1.54) is 11.3 Å². The Morgan fingerprint density at radius 2 is 2.27 bits per heavy atom. The summed E-state index contributed by atoms with van der Waals surface area (Å²) >= 11 is 4.69. The fourth-order valence-corrected chi connectivity index (χ4v) is 2.67. The zero-order valence-electron chi connectivity index (χ0n) is 11.7. The summed E-state index contributed by atoms with van der Waals surface area (Å²) in [5.41, 5.74) is 5.76. The molecule has 6 nitrogen and oxygen atoms in total. The van der Waals surface area contributed by atoms with E-state index in [1.807, 2.05) is 18.2 Å². The number of thiazole rings is 1. The number of halogens is 1. The minimum atomic E-state index is -0.816. The maximum Gasteiger partial charge on any atom is 0.270 e. The molecule has 0 aliphatic rings. The third-order valence-corrected chi connectivity index (χ3v) is 4.25. The highest BCUT2D eigenvalue weighted by molar-refractivity contribution is 9.10. The monoisotopic (exact) mass is 385 g/mol. The van der Waals surface area contributed by atoms with Gasteiger partial charge in [0.25, 0.3) is 5.91 Å². The number of para-hydroxylation sites is 1. The molecular weight excluding hydrogens is 370 g/mol. The Morgan fingerprint density at radius 3 is 2.95 bits per heavy atom. The highest BCUT2D eigenvalue weighted by Gasteiger charge is 2.13. The number of amides is 1. The SMILES string of the molecule is NCc1nc(C(=O)NCC(O)COc2ccccc2Br)cs1. The molecule has 0 spiro atoms. The number of carbonyl (C=O) groups excluding carboxylic acids is 1. The smallest absolute Gasteiger partial charge is 0.270 e. The molecule has 22 heavy (non-hydrogen) atoms. The van der Waals surface area contributed by atoms with E-state index in [0.717, 1.165) is 4.47 Å². The van der Waals surface area contributed by atoms with Crippen LogP contribution in [0.3, 0.4) is 0 Å². The van der Waals surface area contributed by atoms with Gasteiger partial charge in [0, 0.05) is 18.5 Å². The van der Waals surface area contributed by atoms with Gasteiger partial charge in [-0.05, 0) is 28.1 Å². The van der Waals surface area contributed by atoms with Gasteiger partial charge in [-0.2, -0.15) is 0 Å². The molecule has 1 atom stereocenters. The van der Waals surface area contributed by atoms with E-state index < -0.39 is 6.10 Å². The van der Waals surface area contributed by atoms with Gasteiger partial charge in [0.15, 0.2) is 0 Å². The normalized spacial score (nSPS) is 12.0. The lowest BCUT2D eigenvalue weighted by Crippen LogP contribution is -2.35. The van der Waals surface area contributed by atoms with Crippen LogP contribution in [-0.4, -0.2) is 35.3 Å². The Bertz CT molecular complexity index is 635. The van der Waals surface area contributed by atoms with Crippen LogP contribution in [0.2, 0.25) is 0 Å². The predicted molar refractivity (Wildman–Crippen MR) is 88.0 cm³/mol. The first-order chi connectivity index (χ1) is 10.6. The molecule has 0 aliphatic carbocycles. The molecule has 0 aliphatic heterocycles. The first-order valence-corrected chi connectivity index (χ1v) is 8.25. The van der Waals surface area contributed by atoms with Crippen LogP contribution in [0.15, 0.2) is 34.1 Å². The molecule has 1 amide bonds. The van der Waals surface area contributed by atoms with Crippen LogP contribution in [0.25, 0.3) is 0 Å². The van der Waals surface area contributed by atoms with Gasteiger partial charge < -0.3 is 20.9 Å². The lowest BCUT2D eigenvalue weighted by molar-refractivity contribution is 0.0839. The standard InChI is InChI=1S/C14H16BrN3O3S/c15-10-3-1-2-4-12(10)21-7-9(19)6-17-14(20)11-8-22-13(5-16)18-11/h1-4,8-9,19H,5-7,16H2,(H,17,20). The molecule has 0 saturated carbocycles. The molecule has 118 valence electrons. The zero-order valence-corrected chi connectivity index (χ0v) is 14.1. The second-order valence-corrected chi connectivity index (χ2v) is 6.23. The fourth-order valence-electron chi connectivity index (χ4n) is 1.62. The zero-order chi connectivity index (χ0) is 15.9. The molecule has 8 heteroatoms. The summed E-state index contributed by atoms with van der Waals surface area (Å²) in [6, 6.07) is 7.35. The Hall–Kier alpha value is -1.48. The van der Waals surface area contributed by atoms with Crippen LogP contribution in [0.4, 0.5) is 0 Å². The quantitative estimate of drug-likeness (QED) is 0.671. The average molecular weight is 386 g/mol. The number of aliphatic hydroxyl groups is 1. The number of benzene rings is 1. The molecule has 2 aromatic rings. The highest BCUT2D eigenvalue weighted by atomic mass is 79.9. The van der Waals surface area contributed by atoms with Gasteiger partial charge in [-0.25, -0.2) is 4.98 Å². The summed E-state index contributed by atoms with van der Waals surface area (Å²) in [6.45, 7) is 0.465. The largest absolute Gasteiger partial charge is 0.490 e. The number of nitrogens with zero attached hydrogens (tertiary/aromatic N) is 1. The van der Waals surface area contributed by atoms with Gasteiger partial charge in [0.1, 0.15) is 29.2 Å². The number of carbonyl (C=O) groups is 1. The number of hydrogen-bond acceptors (Lipinski definition) is 6. The number of nitrogens with two attached hydrogens (primary N) is 1. The molecule has 1 aromatic heterocycles. The number of hydrogen-bond donors (Lipinski definition) is 3. The van der Waals surface area contributed by atoms with Crippen LogP contribution in [-0.2, 0) is 6.54 Å². The Morgan fingerprint density at radius 1 is 1.50 bits per heavy atom. The van der Waals surface area contributed by atoms with Gasteiger partial charge in [-0.15, -0.1) is 11.3 Å². The van der Waals surface area contributed by atoms with E-state index in [0.29, 0.717) is 23.0 Å². The van der Waals surface area contributed by atoms with Crippen molar-refractivity contribution < 1.29 is 14.6 Å². The highest BCUT2D eigenvalue weighted by Crippen LogP contribution is 2.23. The first kappa shape index (κ1) is 16.9. The lowest BCUT2D eigenvalue weighted by Gasteiger charge is -2.13. The van der Waals surface area contributed by atoms with Crippen LogP contribution in [0.1, 0.15) is 15.5 Å². The van der Waals surface area contributed by atoms with Crippen molar-refractivity contribution in [2.75, 3.05) is 13.2 Å². The molecule has 2 rings (SSSR count). The molecular formula is C14H16BrN3O3S.